The smallest absolute Gasteiger partial charge is 0.354 e. The lowest BCUT2D eigenvalue weighted by atomic mass is 9.92. The van der Waals surface area contributed by atoms with Crippen molar-refractivity contribution in [1.29, 1.82) is 0 Å². The van der Waals surface area contributed by atoms with Crippen molar-refractivity contribution in [3.8, 4) is 16.9 Å². The van der Waals surface area contributed by atoms with E-state index in [1.165, 1.54) is 21.9 Å². The quantitative estimate of drug-likeness (QED) is 0.0773. The number of benzene rings is 2. The summed E-state index contributed by atoms with van der Waals surface area (Å²) in [5.41, 5.74) is 15.5. The maximum absolute atomic E-state index is 15.1. The molecule has 11 heteroatoms. The first-order valence-corrected chi connectivity index (χ1v) is 16.8. The Hall–Kier alpha value is -3.44. The van der Waals surface area contributed by atoms with Gasteiger partial charge in [-0.25, -0.2) is 9.18 Å². The molecule has 0 unspecified atom stereocenters. The SMILES string of the molecule is C=CCSC(N)=NCC[C@@H]1CCC[C@@H](c2ccc(-n3cc4cc(-c5cc(CCC[C@H](C)N)cc(Cl)c5F)[nH]c4nc3=O)cc2)N1. The highest BCUT2D eigenvalue weighted by Crippen LogP contribution is 2.32. The van der Waals surface area contributed by atoms with Crippen LogP contribution in [0.3, 0.4) is 0 Å². The molecule has 4 aromatic rings. The molecule has 0 bridgehead atoms. The summed E-state index contributed by atoms with van der Waals surface area (Å²) in [6, 6.07) is 14.0. The molecule has 0 amide bonds. The zero-order chi connectivity index (χ0) is 31.9. The first kappa shape index (κ1) is 32.9. The number of halogens is 2. The van der Waals surface area contributed by atoms with Crippen molar-refractivity contribution < 1.29 is 4.39 Å². The number of aliphatic imine (C=N–C) groups is 1. The second-order valence-corrected chi connectivity index (χ2v) is 13.2. The van der Waals surface area contributed by atoms with Crippen molar-refractivity contribution >= 4 is 39.6 Å². The zero-order valence-electron chi connectivity index (χ0n) is 25.6. The van der Waals surface area contributed by atoms with Crippen LogP contribution in [-0.4, -0.2) is 44.1 Å². The molecule has 5 rings (SSSR count). The Morgan fingerprint density at radius 3 is 2.84 bits per heavy atom. The van der Waals surface area contributed by atoms with Crippen molar-refractivity contribution in [3.05, 3.63) is 93.8 Å². The lowest BCUT2D eigenvalue weighted by Gasteiger charge is -2.31. The van der Waals surface area contributed by atoms with Gasteiger partial charge in [-0.15, -0.1) is 6.58 Å². The number of aryl methyl sites for hydroxylation is 1. The largest absolute Gasteiger partial charge is 0.379 e. The molecule has 238 valence electrons. The van der Waals surface area contributed by atoms with E-state index in [-0.39, 0.29) is 17.1 Å². The minimum atomic E-state index is -0.511. The van der Waals surface area contributed by atoms with E-state index in [4.69, 9.17) is 23.1 Å². The van der Waals surface area contributed by atoms with Crippen LogP contribution in [-0.2, 0) is 6.42 Å². The number of amidine groups is 1. The van der Waals surface area contributed by atoms with E-state index in [2.05, 4.69) is 39.0 Å². The van der Waals surface area contributed by atoms with Crippen molar-refractivity contribution in [2.24, 2.45) is 16.5 Å². The predicted molar refractivity (Wildman–Crippen MR) is 186 cm³/mol. The average Bonchev–Trinajstić information content (AvgIpc) is 3.44. The number of piperidine rings is 1. The van der Waals surface area contributed by atoms with Crippen molar-refractivity contribution in [1.82, 2.24) is 19.9 Å². The van der Waals surface area contributed by atoms with Gasteiger partial charge in [-0.05, 0) is 86.9 Å². The number of aromatic amines is 1. The number of hydrogen-bond donors (Lipinski definition) is 4. The normalized spacial score (nSPS) is 17.9. The van der Waals surface area contributed by atoms with Gasteiger partial charge in [0.1, 0.15) is 5.65 Å². The summed E-state index contributed by atoms with van der Waals surface area (Å²) in [5, 5.41) is 5.12. The third kappa shape index (κ3) is 8.43. The fourth-order valence-electron chi connectivity index (χ4n) is 5.84. The Morgan fingerprint density at radius 2 is 2.09 bits per heavy atom. The summed E-state index contributed by atoms with van der Waals surface area (Å²) in [6.07, 6.45) is 10.3. The maximum Gasteiger partial charge on any atom is 0.354 e. The fraction of sp³-hybridized carbons (Fsp3) is 0.382. The second kappa shape index (κ2) is 15.2. The fourth-order valence-corrected chi connectivity index (χ4v) is 6.55. The number of hydrogen-bond acceptors (Lipinski definition) is 6. The van der Waals surface area contributed by atoms with E-state index < -0.39 is 11.5 Å². The summed E-state index contributed by atoms with van der Waals surface area (Å²) in [6.45, 7) is 6.37. The van der Waals surface area contributed by atoms with Crippen LogP contribution in [0.2, 0.25) is 5.02 Å². The van der Waals surface area contributed by atoms with Gasteiger partial charge in [0.15, 0.2) is 11.0 Å². The lowest BCUT2D eigenvalue weighted by Crippen LogP contribution is -2.37. The van der Waals surface area contributed by atoms with Gasteiger partial charge in [0.25, 0.3) is 0 Å². The monoisotopic (exact) mass is 649 g/mol. The Balaban J connectivity index is 1.30. The molecule has 0 radical (unpaired) electrons. The molecule has 3 heterocycles. The van der Waals surface area contributed by atoms with Crippen LogP contribution in [0.15, 0.2) is 71.1 Å². The Labute approximate surface area is 272 Å². The molecule has 6 N–H and O–H groups in total. The third-order valence-corrected chi connectivity index (χ3v) is 9.26. The highest BCUT2D eigenvalue weighted by molar-refractivity contribution is 8.13. The minimum absolute atomic E-state index is 0.0601. The first-order chi connectivity index (χ1) is 21.7. The number of nitrogens with two attached hydrogens (primary N) is 2. The van der Waals surface area contributed by atoms with Gasteiger partial charge < -0.3 is 21.8 Å². The number of nitrogens with one attached hydrogen (secondary N) is 2. The Morgan fingerprint density at radius 1 is 1.29 bits per heavy atom. The predicted octanol–water partition coefficient (Wildman–Crippen LogP) is 6.65. The van der Waals surface area contributed by atoms with Crippen LogP contribution in [0, 0.1) is 5.82 Å². The van der Waals surface area contributed by atoms with E-state index in [1.807, 2.05) is 25.1 Å². The van der Waals surface area contributed by atoms with E-state index in [9.17, 15) is 4.79 Å². The molecular formula is C34H41ClFN7OS. The molecular weight excluding hydrogens is 609 g/mol. The first-order valence-electron chi connectivity index (χ1n) is 15.5. The lowest BCUT2D eigenvalue weighted by molar-refractivity contribution is 0.315. The number of nitrogens with zero attached hydrogens (tertiary/aromatic N) is 3. The molecule has 1 aliphatic rings. The van der Waals surface area contributed by atoms with Gasteiger partial charge in [-0.2, -0.15) is 4.98 Å². The van der Waals surface area contributed by atoms with Crippen LogP contribution in [0.1, 0.15) is 62.6 Å². The second-order valence-electron chi connectivity index (χ2n) is 11.7. The van der Waals surface area contributed by atoms with E-state index in [1.54, 1.807) is 24.4 Å². The molecule has 0 saturated carbocycles. The Kier molecular flexibility index (Phi) is 11.1. The summed E-state index contributed by atoms with van der Waals surface area (Å²) in [4.78, 5) is 24.9. The highest BCUT2D eigenvalue weighted by atomic mass is 35.5. The third-order valence-electron chi connectivity index (χ3n) is 8.16. The molecule has 45 heavy (non-hydrogen) atoms. The highest BCUT2D eigenvalue weighted by Gasteiger charge is 2.22. The van der Waals surface area contributed by atoms with Crippen molar-refractivity contribution in [2.45, 2.75) is 70.0 Å². The van der Waals surface area contributed by atoms with Crippen LogP contribution < -0.4 is 22.5 Å². The van der Waals surface area contributed by atoms with Crippen molar-refractivity contribution in [3.63, 3.8) is 0 Å². The van der Waals surface area contributed by atoms with Gasteiger partial charge in [0.2, 0.25) is 0 Å². The van der Waals surface area contributed by atoms with E-state index in [0.717, 1.165) is 56.3 Å². The van der Waals surface area contributed by atoms with Gasteiger partial charge in [0, 0.05) is 47.6 Å². The molecule has 1 aliphatic heterocycles. The van der Waals surface area contributed by atoms with E-state index in [0.29, 0.717) is 45.7 Å². The van der Waals surface area contributed by atoms with Crippen LogP contribution in [0.25, 0.3) is 28.0 Å². The summed E-state index contributed by atoms with van der Waals surface area (Å²) < 4.78 is 16.7. The molecule has 2 aromatic carbocycles. The molecule has 8 nitrogen and oxygen atoms in total. The van der Waals surface area contributed by atoms with Crippen molar-refractivity contribution in [2.75, 3.05) is 12.3 Å². The topological polar surface area (TPSA) is 127 Å². The van der Waals surface area contributed by atoms with Gasteiger partial charge in [-0.1, -0.05) is 48.0 Å². The maximum atomic E-state index is 15.1. The molecule has 2 aromatic heterocycles. The summed E-state index contributed by atoms with van der Waals surface area (Å²) in [5.74, 6) is 0.250. The zero-order valence-corrected chi connectivity index (χ0v) is 27.1. The Bertz CT molecular complexity index is 1720. The van der Waals surface area contributed by atoms with Crippen LogP contribution in [0.5, 0.6) is 0 Å². The average molecular weight is 650 g/mol. The molecule has 0 aliphatic carbocycles. The summed E-state index contributed by atoms with van der Waals surface area (Å²) >= 11 is 7.77. The standard InChI is InChI=1S/C34H41ClFN7OS/c1-3-16-45-33(38)39-15-14-25-8-5-9-29(40-25)23-10-12-26(13-11-23)43-20-24-19-30(41-32(24)42-34(43)44)27-17-22(7-4-6-21(2)37)18-28(35)31(27)36/h3,10-13,17-21,25,29,40H,1,4-9,14-16,37H2,2H3,(H2,38,39)(H,41,42,44)/t21-,25-,29-/m0/s1. The van der Waals surface area contributed by atoms with Gasteiger partial charge >= 0.3 is 5.69 Å². The number of rotatable bonds is 12. The summed E-state index contributed by atoms with van der Waals surface area (Å²) in [7, 11) is 0. The van der Waals surface area contributed by atoms with Crippen LogP contribution in [0.4, 0.5) is 4.39 Å². The van der Waals surface area contributed by atoms with Gasteiger partial charge in [0.05, 0.1) is 16.4 Å². The number of H-pyrrole nitrogens is 1. The van der Waals surface area contributed by atoms with Gasteiger partial charge in [-0.3, -0.25) is 9.56 Å². The molecule has 1 saturated heterocycles. The molecule has 0 spiro atoms. The molecule has 1 fully saturated rings. The number of fused-ring (bicyclic) bond motifs is 1. The van der Waals surface area contributed by atoms with E-state index >= 15 is 4.39 Å². The molecule has 3 atom stereocenters. The number of thioether (sulfide) groups is 1. The minimum Gasteiger partial charge on any atom is -0.379 e. The number of aromatic nitrogens is 3. The van der Waals surface area contributed by atoms with Crippen LogP contribution >= 0.6 is 23.4 Å².